The van der Waals surface area contributed by atoms with E-state index in [0.29, 0.717) is 13.0 Å². The van der Waals surface area contributed by atoms with Crippen LogP contribution in [0.2, 0.25) is 0 Å². The van der Waals surface area contributed by atoms with Crippen molar-refractivity contribution in [1.29, 1.82) is 0 Å². The van der Waals surface area contributed by atoms with Crippen LogP contribution in [0.25, 0.3) is 10.2 Å². The van der Waals surface area contributed by atoms with Gasteiger partial charge in [0.1, 0.15) is 16.5 Å². The van der Waals surface area contributed by atoms with Gasteiger partial charge in [-0.15, -0.1) is 22.7 Å². The van der Waals surface area contributed by atoms with Gasteiger partial charge in [-0.05, 0) is 18.4 Å². The fourth-order valence-corrected chi connectivity index (χ4v) is 3.49. The molecule has 3 aromatic heterocycles. The molecular weight excluding hydrogens is 308 g/mol. The van der Waals surface area contributed by atoms with Crippen molar-refractivity contribution < 1.29 is 9.90 Å². The summed E-state index contributed by atoms with van der Waals surface area (Å²) in [6.45, 7) is 2.51. The number of hydrogen-bond donors (Lipinski definition) is 2. The number of thiazole rings is 1. The van der Waals surface area contributed by atoms with Crippen LogP contribution < -0.4 is 5.32 Å². The number of nitrogens with zero attached hydrogens (tertiary/aromatic N) is 3. The van der Waals surface area contributed by atoms with Gasteiger partial charge in [-0.2, -0.15) is 0 Å². The lowest BCUT2D eigenvalue weighted by molar-refractivity contribution is 0.0691. The maximum atomic E-state index is 10.8. The zero-order chi connectivity index (χ0) is 14.8. The summed E-state index contributed by atoms with van der Waals surface area (Å²) in [7, 11) is 0. The van der Waals surface area contributed by atoms with E-state index in [-0.39, 0.29) is 5.69 Å². The molecule has 108 valence electrons. The SMILES string of the molecule is Cc1nc(NCCc2nc(C(=O)O)cs2)c2ccsc2n1. The first-order chi connectivity index (χ1) is 10.1. The Labute approximate surface area is 128 Å². The normalized spacial score (nSPS) is 10.9. The molecule has 0 fully saturated rings. The lowest BCUT2D eigenvalue weighted by Crippen LogP contribution is -2.08. The molecule has 0 amide bonds. The number of carboxylic acids is 1. The van der Waals surface area contributed by atoms with Gasteiger partial charge in [-0.1, -0.05) is 0 Å². The molecule has 3 rings (SSSR count). The summed E-state index contributed by atoms with van der Waals surface area (Å²) >= 11 is 2.94. The molecule has 6 nitrogen and oxygen atoms in total. The van der Waals surface area contributed by atoms with Crippen LogP contribution in [-0.2, 0) is 6.42 Å². The predicted molar refractivity (Wildman–Crippen MR) is 83.4 cm³/mol. The smallest absolute Gasteiger partial charge is 0.355 e. The fourth-order valence-electron chi connectivity index (χ4n) is 1.91. The predicted octanol–water partition coefficient (Wildman–Crippen LogP) is 2.81. The Balaban J connectivity index is 1.68. The maximum absolute atomic E-state index is 10.8. The molecule has 21 heavy (non-hydrogen) atoms. The highest BCUT2D eigenvalue weighted by Crippen LogP contribution is 2.24. The molecule has 0 saturated carbocycles. The first-order valence-electron chi connectivity index (χ1n) is 6.27. The van der Waals surface area contributed by atoms with E-state index in [1.807, 2.05) is 18.4 Å². The molecule has 0 spiro atoms. The molecule has 0 aliphatic rings. The fraction of sp³-hybridized carbons (Fsp3) is 0.231. The van der Waals surface area contributed by atoms with Crippen molar-refractivity contribution in [2.75, 3.05) is 11.9 Å². The van der Waals surface area contributed by atoms with E-state index < -0.39 is 5.97 Å². The van der Waals surface area contributed by atoms with Crippen LogP contribution in [0.5, 0.6) is 0 Å². The lowest BCUT2D eigenvalue weighted by atomic mass is 10.3. The molecule has 0 atom stereocenters. The molecule has 0 radical (unpaired) electrons. The molecule has 0 unspecified atom stereocenters. The van der Waals surface area contributed by atoms with Gasteiger partial charge in [0.05, 0.1) is 10.4 Å². The zero-order valence-corrected chi connectivity index (χ0v) is 12.8. The Morgan fingerprint density at radius 3 is 2.95 bits per heavy atom. The van der Waals surface area contributed by atoms with Crippen molar-refractivity contribution in [3.8, 4) is 0 Å². The van der Waals surface area contributed by atoms with Gasteiger partial charge in [-0.3, -0.25) is 0 Å². The molecule has 0 aromatic carbocycles. The van der Waals surface area contributed by atoms with E-state index in [1.54, 1.807) is 16.7 Å². The molecule has 3 heterocycles. The van der Waals surface area contributed by atoms with Gasteiger partial charge in [0, 0.05) is 18.3 Å². The molecule has 0 bridgehead atoms. The Morgan fingerprint density at radius 2 is 2.19 bits per heavy atom. The average Bonchev–Trinajstić information content (AvgIpc) is 3.06. The summed E-state index contributed by atoms with van der Waals surface area (Å²) in [4.78, 5) is 24.6. The third-order valence-corrected chi connectivity index (χ3v) is 4.55. The zero-order valence-electron chi connectivity index (χ0n) is 11.2. The van der Waals surface area contributed by atoms with Gasteiger partial charge in [0.15, 0.2) is 5.69 Å². The third-order valence-electron chi connectivity index (χ3n) is 2.84. The number of aryl methyl sites for hydroxylation is 1. The highest BCUT2D eigenvalue weighted by molar-refractivity contribution is 7.16. The molecule has 0 aliphatic carbocycles. The average molecular weight is 320 g/mol. The number of aromatic nitrogens is 3. The van der Waals surface area contributed by atoms with E-state index in [2.05, 4.69) is 20.3 Å². The number of nitrogens with one attached hydrogen (secondary N) is 1. The second kappa shape index (κ2) is 5.74. The number of carboxylic acid groups (broad SMARTS) is 1. The summed E-state index contributed by atoms with van der Waals surface area (Å²) in [5.41, 5.74) is 0.105. The number of rotatable bonds is 5. The molecule has 0 saturated heterocycles. The van der Waals surface area contributed by atoms with Crippen LogP contribution in [0.3, 0.4) is 0 Å². The van der Waals surface area contributed by atoms with Crippen molar-refractivity contribution in [2.24, 2.45) is 0 Å². The summed E-state index contributed by atoms with van der Waals surface area (Å²) < 4.78 is 0. The number of thiophene rings is 1. The van der Waals surface area contributed by atoms with E-state index in [9.17, 15) is 4.79 Å². The standard InChI is InChI=1S/C13H12N4O2S2/c1-7-15-11(8-3-5-20-12(8)16-7)14-4-2-10-17-9(6-21-10)13(18)19/h3,5-6H,2,4H2,1H3,(H,18,19)(H,14,15,16). The maximum Gasteiger partial charge on any atom is 0.355 e. The van der Waals surface area contributed by atoms with E-state index in [0.717, 1.165) is 26.9 Å². The van der Waals surface area contributed by atoms with Crippen LogP contribution in [0, 0.1) is 6.92 Å². The number of fused-ring (bicyclic) bond motifs is 1. The lowest BCUT2D eigenvalue weighted by Gasteiger charge is -2.06. The molecule has 8 heteroatoms. The Morgan fingerprint density at radius 1 is 1.33 bits per heavy atom. The molecular formula is C13H12N4O2S2. The minimum absolute atomic E-state index is 0.105. The van der Waals surface area contributed by atoms with Crippen LogP contribution in [0.15, 0.2) is 16.8 Å². The number of hydrogen-bond acceptors (Lipinski definition) is 7. The number of aromatic carboxylic acids is 1. The minimum Gasteiger partial charge on any atom is -0.476 e. The van der Waals surface area contributed by atoms with Crippen LogP contribution >= 0.6 is 22.7 Å². The van der Waals surface area contributed by atoms with Crippen molar-refractivity contribution in [3.05, 3.63) is 33.4 Å². The van der Waals surface area contributed by atoms with E-state index >= 15 is 0 Å². The summed E-state index contributed by atoms with van der Waals surface area (Å²) in [5.74, 6) is 0.556. The van der Waals surface area contributed by atoms with Gasteiger partial charge in [-0.25, -0.2) is 19.7 Å². The third kappa shape index (κ3) is 3.01. The van der Waals surface area contributed by atoms with Crippen LogP contribution in [-0.4, -0.2) is 32.6 Å². The number of carbonyl (C=O) groups is 1. The molecule has 3 aromatic rings. The first-order valence-corrected chi connectivity index (χ1v) is 8.03. The van der Waals surface area contributed by atoms with Crippen molar-refractivity contribution in [3.63, 3.8) is 0 Å². The van der Waals surface area contributed by atoms with Gasteiger partial charge >= 0.3 is 5.97 Å². The summed E-state index contributed by atoms with van der Waals surface area (Å²) in [6.07, 6.45) is 0.659. The highest BCUT2D eigenvalue weighted by Gasteiger charge is 2.09. The quantitative estimate of drug-likeness (QED) is 0.751. The molecule has 2 N–H and O–H groups in total. The van der Waals surface area contributed by atoms with Gasteiger partial charge < -0.3 is 10.4 Å². The largest absolute Gasteiger partial charge is 0.476 e. The van der Waals surface area contributed by atoms with Crippen LogP contribution in [0.4, 0.5) is 5.82 Å². The second-order valence-electron chi connectivity index (χ2n) is 4.37. The van der Waals surface area contributed by atoms with Gasteiger partial charge in [0.25, 0.3) is 0 Å². The van der Waals surface area contributed by atoms with Crippen molar-refractivity contribution in [2.45, 2.75) is 13.3 Å². The Hall–Kier alpha value is -2.06. The monoisotopic (exact) mass is 320 g/mol. The minimum atomic E-state index is -0.989. The number of anilines is 1. The summed E-state index contributed by atoms with van der Waals surface area (Å²) in [5, 5.41) is 17.5. The van der Waals surface area contributed by atoms with E-state index in [4.69, 9.17) is 5.11 Å². The summed E-state index contributed by atoms with van der Waals surface area (Å²) in [6, 6.07) is 1.99. The Bertz CT molecular complexity index is 796. The highest BCUT2D eigenvalue weighted by atomic mass is 32.1. The molecule has 0 aliphatic heterocycles. The first kappa shape index (κ1) is 13.9. The second-order valence-corrected chi connectivity index (χ2v) is 6.20. The van der Waals surface area contributed by atoms with Crippen molar-refractivity contribution >= 4 is 44.7 Å². The Kier molecular flexibility index (Phi) is 3.80. The van der Waals surface area contributed by atoms with Gasteiger partial charge in [0.2, 0.25) is 0 Å². The topological polar surface area (TPSA) is 88.0 Å². The van der Waals surface area contributed by atoms with E-state index in [1.165, 1.54) is 11.3 Å². The van der Waals surface area contributed by atoms with Crippen LogP contribution in [0.1, 0.15) is 21.3 Å². The van der Waals surface area contributed by atoms with Crippen molar-refractivity contribution in [1.82, 2.24) is 15.0 Å².